The van der Waals surface area contributed by atoms with Gasteiger partial charge in [-0.05, 0) is 18.2 Å². The van der Waals surface area contributed by atoms with Crippen LogP contribution in [0.4, 0.5) is 0 Å². The first-order valence-electron chi connectivity index (χ1n) is 4.15. The largest absolute Gasteiger partial charge is 0.506 e. The topological polar surface area (TPSA) is 58.3 Å². The number of hydrogen-bond donors (Lipinski definition) is 2. The lowest BCUT2D eigenvalue weighted by Crippen LogP contribution is -1.90. The minimum absolute atomic E-state index is 0.0569. The number of aromatic nitrogens is 2. The summed E-state index contributed by atoms with van der Waals surface area (Å²) >= 11 is 0. The van der Waals surface area contributed by atoms with Crippen molar-refractivity contribution in [3.63, 3.8) is 0 Å². The molecule has 0 atom stereocenters. The maximum absolute atomic E-state index is 9.58. The standard InChI is InChI=1S/C10H10N2O2/c1-3-8-11-9-6(13)4-5-7(14)10(9)12(8)2/h3-5,13-14H,1H2,2H3. The molecule has 0 saturated heterocycles. The predicted octanol–water partition coefficient (Wildman–Crippen LogP) is 1.63. The van der Waals surface area contributed by atoms with Gasteiger partial charge in [-0.1, -0.05) is 6.58 Å². The second kappa shape index (κ2) is 2.77. The molecule has 0 aliphatic carbocycles. The number of aryl methyl sites for hydroxylation is 1. The van der Waals surface area contributed by atoms with Crippen LogP contribution >= 0.6 is 0 Å². The highest BCUT2D eigenvalue weighted by Gasteiger charge is 2.12. The van der Waals surface area contributed by atoms with Crippen molar-refractivity contribution in [2.24, 2.45) is 7.05 Å². The van der Waals surface area contributed by atoms with E-state index >= 15 is 0 Å². The summed E-state index contributed by atoms with van der Waals surface area (Å²) in [7, 11) is 1.76. The fraction of sp³-hybridized carbons (Fsp3) is 0.100. The Hall–Kier alpha value is -1.97. The number of hydrogen-bond acceptors (Lipinski definition) is 3. The van der Waals surface area contributed by atoms with E-state index < -0.39 is 0 Å². The lowest BCUT2D eigenvalue weighted by Gasteiger charge is -1.99. The SMILES string of the molecule is C=Cc1nc2c(O)ccc(O)c2n1C. The van der Waals surface area contributed by atoms with Gasteiger partial charge in [0.25, 0.3) is 0 Å². The maximum atomic E-state index is 9.58. The third kappa shape index (κ3) is 0.970. The van der Waals surface area contributed by atoms with Crippen molar-refractivity contribution in [1.29, 1.82) is 0 Å². The minimum Gasteiger partial charge on any atom is -0.506 e. The van der Waals surface area contributed by atoms with Crippen LogP contribution in [-0.4, -0.2) is 19.8 Å². The molecule has 1 heterocycles. The number of benzene rings is 1. The highest BCUT2D eigenvalue weighted by atomic mass is 16.3. The Balaban J connectivity index is 2.97. The average molecular weight is 190 g/mol. The Kier molecular flexibility index (Phi) is 1.70. The molecule has 0 amide bonds. The molecule has 1 aromatic heterocycles. The molecule has 2 N–H and O–H groups in total. The molecular weight excluding hydrogens is 180 g/mol. The van der Waals surface area contributed by atoms with Crippen LogP contribution in [0, 0.1) is 0 Å². The zero-order valence-electron chi connectivity index (χ0n) is 7.73. The van der Waals surface area contributed by atoms with Gasteiger partial charge in [-0.3, -0.25) is 0 Å². The monoisotopic (exact) mass is 190 g/mol. The van der Waals surface area contributed by atoms with Crippen LogP contribution in [0.2, 0.25) is 0 Å². The summed E-state index contributed by atoms with van der Waals surface area (Å²) in [6, 6.07) is 2.85. The Bertz CT molecular complexity index is 514. The first kappa shape index (κ1) is 8.62. The molecule has 0 bridgehead atoms. The summed E-state index contributed by atoms with van der Waals surface area (Å²) in [4.78, 5) is 4.13. The number of imidazole rings is 1. The molecule has 0 spiro atoms. The van der Waals surface area contributed by atoms with Crippen LogP contribution in [0.15, 0.2) is 18.7 Å². The molecule has 0 aliphatic heterocycles. The normalized spacial score (nSPS) is 10.6. The molecule has 1 aromatic carbocycles. The van der Waals surface area contributed by atoms with Crippen LogP contribution in [0.3, 0.4) is 0 Å². The maximum Gasteiger partial charge on any atom is 0.143 e. The molecule has 2 aromatic rings. The van der Waals surface area contributed by atoms with Crippen molar-refractivity contribution in [3.8, 4) is 11.5 Å². The number of nitrogens with zero attached hydrogens (tertiary/aromatic N) is 2. The van der Waals surface area contributed by atoms with Gasteiger partial charge in [-0.25, -0.2) is 4.98 Å². The second-order valence-electron chi connectivity index (χ2n) is 3.03. The van der Waals surface area contributed by atoms with Crippen LogP contribution in [0.1, 0.15) is 5.82 Å². The molecule has 0 aliphatic rings. The number of aromatic hydroxyl groups is 2. The van der Waals surface area contributed by atoms with E-state index in [1.165, 1.54) is 12.1 Å². The molecule has 2 rings (SSSR count). The molecule has 4 heteroatoms. The first-order valence-corrected chi connectivity index (χ1v) is 4.15. The van der Waals surface area contributed by atoms with Gasteiger partial charge in [-0.2, -0.15) is 0 Å². The molecule has 0 saturated carbocycles. The van der Waals surface area contributed by atoms with Gasteiger partial charge in [0.15, 0.2) is 0 Å². The number of phenolic OH excluding ortho intramolecular Hbond substituents is 2. The van der Waals surface area contributed by atoms with Crippen molar-refractivity contribution in [1.82, 2.24) is 9.55 Å². The van der Waals surface area contributed by atoms with E-state index in [1.807, 2.05) is 0 Å². The van der Waals surface area contributed by atoms with Gasteiger partial charge >= 0.3 is 0 Å². The molecular formula is C10H10N2O2. The van der Waals surface area contributed by atoms with Crippen LogP contribution < -0.4 is 0 Å². The van der Waals surface area contributed by atoms with E-state index in [2.05, 4.69) is 11.6 Å². The van der Waals surface area contributed by atoms with E-state index in [0.717, 1.165) is 0 Å². The summed E-state index contributed by atoms with van der Waals surface area (Å²) < 4.78 is 1.68. The Morgan fingerprint density at radius 2 is 2.00 bits per heavy atom. The minimum atomic E-state index is 0.0569. The van der Waals surface area contributed by atoms with E-state index in [-0.39, 0.29) is 11.5 Å². The summed E-state index contributed by atoms with van der Waals surface area (Å²) in [6.45, 7) is 3.60. The molecule has 4 nitrogen and oxygen atoms in total. The average Bonchev–Trinajstić information content (AvgIpc) is 2.51. The third-order valence-electron chi connectivity index (χ3n) is 2.20. The number of phenols is 2. The molecule has 14 heavy (non-hydrogen) atoms. The summed E-state index contributed by atoms with van der Waals surface area (Å²) in [5, 5.41) is 19.1. The highest BCUT2D eigenvalue weighted by Crippen LogP contribution is 2.31. The van der Waals surface area contributed by atoms with Crippen LogP contribution in [0.5, 0.6) is 11.5 Å². The van der Waals surface area contributed by atoms with Gasteiger partial charge in [0.05, 0.1) is 0 Å². The zero-order chi connectivity index (χ0) is 10.3. The molecule has 0 radical (unpaired) electrons. The smallest absolute Gasteiger partial charge is 0.143 e. The summed E-state index contributed by atoms with van der Waals surface area (Å²) in [6.07, 6.45) is 1.57. The zero-order valence-corrected chi connectivity index (χ0v) is 7.73. The van der Waals surface area contributed by atoms with E-state index in [9.17, 15) is 10.2 Å². The third-order valence-corrected chi connectivity index (χ3v) is 2.20. The highest BCUT2D eigenvalue weighted by molar-refractivity contribution is 5.88. The lowest BCUT2D eigenvalue weighted by molar-refractivity contribution is 0.467. The van der Waals surface area contributed by atoms with E-state index in [0.29, 0.717) is 16.9 Å². The fourth-order valence-electron chi connectivity index (χ4n) is 1.49. The predicted molar refractivity (Wildman–Crippen MR) is 54.1 cm³/mol. The summed E-state index contributed by atoms with van der Waals surface area (Å²) in [5.74, 6) is 0.763. The van der Waals surface area contributed by atoms with E-state index in [1.54, 1.807) is 17.7 Å². The number of rotatable bonds is 1. The van der Waals surface area contributed by atoms with E-state index in [4.69, 9.17) is 0 Å². The van der Waals surface area contributed by atoms with Gasteiger partial charge in [0, 0.05) is 7.05 Å². The lowest BCUT2D eigenvalue weighted by atomic mass is 10.2. The van der Waals surface area contributed by atoms with Crippen molar-refractivity contribution < 1.29 is 10.2 Å². The molecule has 72 valence electrons. The number of fused-ring (bicyclic) bond motifs is 1. The Labute approximate surface area is 80.7 Å². The van der Waals surface area contributed by atoms with Crippen molar-refractivity contribution in [2.75, 3.05) is 0 Å². The molecule has 0 fully saturated rings. The van der Waals surface area contributed by atoms with Crippen molar-refractivity contribution in [2.45, 2.75) is 0 Å². The van der Waals surface area contributed by atoms with Gasteiger partial charge in [-0.15, -0.1) is 0 Å². The summed E-state index contributed by atoms with van der Waals surface area (Å²) in [5.41, 5.74) is 0.905. The van der Waals surface area contributed by atoms with Gasteiger partial charge in [0.1, 0.15) is 28.4 Å². The van der Waals surface area contributed by atoms with Gasteiger partial charge < -0.3 is 14.8 Å². The second-order valence-corrected chi connectivity index (χ2v) is 3.03. The van der Waals surface area contributed by atoms with Crippen molar-refractivity contribution in [3.05, 3.63) is 24.5 Å². The fourth-order valence-corrected chi connectivity index (χ4v) is 1.49. The van der Waals surface area contributed by atoms with Crippen LogP contribution in [0.25, 0.3) is 17.1 Å². The first-order chi connectivity index (χ1) is 6.65. The van der Waals surface area contributed by atoms with Crippen molar-refractivity contribution >= 4 is 17.1 Å². The van der Waals surface area contributed by atoms with Crippen LogP contribution in [-0.2, 0) is 7.05 Å². The van der Waals surface area contributed by atoms with Gasteiger partial charge in [0.2, 0.25) is 0 Å². The Morgan fingerprint density at radius 1 is 1.36 bits per heavy atom. The Morgan fingerprint density at radius 3 is 2.57 bits per heavy atom. The quantitative estimate of drug-likeness (QED) is 0.672. The molecule has 0 unspecified atom stereocenters.